The lowest BCUT2D eigenvalue weighted by atomic mass is 9.81. The Morgan fingerprint density at radius 3 is 2.39 bits per heavy atom. The monoisotopic (exact) mass is 499 g/mol. The van der Waals surface area contributed by atoms with Crippen LogP contribution in [0.1, 0.15) is 61.0 Å². The summed E-state index contributed by atoms with van der Waals surface area (Å²) in [5, 5.41) is 2.72. The third kappa shape index (κ3) is 4.76. The molecule has 2 aromatic heterocycles. The first-order valence-corrected chi connectivity index (χ1v) is 11.9. The summed E-state index contributed by atoms with van der Waals surface area (Å²) in [6.45, 7) is 2.93. The van der Waals surface area contributed by atoms with E-state index in [2.05, 4.69) is 27.2 Å². The Morgan fingerprint density at radius 2 is 1.75 bits per heavy atom. The van der Waals surface area contributed by atoms with Gasteiger partial charge in [0.2, 0.25) is 11.9 Å². The van der Waals surface area contributed by atoms with Crippen LogP contribution < -0.4 is 10.2 Å². The molecule has 1 amide bonds. The molecule has 2 fully saturated rings. The Labute approximate surface area is 205 Å². The van der Waals surface area contributed by atoms with Gasteiger partial charge in [-0.05, 0) is 50.5 Å². The number of amides is 1. The van der Waals surface area contributed by atoms with E-state index in [1.807, 2.05) is 4.90 Å². The first-order chi connectivity index (χ1) is 17.2. The number of hydrogen-bond donors (Lipinski definition) is 1. The van der Waals surface area contributed by atoms with Gasteiger partial charge in [0.15, 0.2) is 0 Å². The quantitative estimate of drug-likeness (QED) is 0.439. The highest BCUT2D eigenvalue weighted by Crippen LogP contribution is 2.43. The number of benzene rings is 1. The molecule has 2 aliphatic rings. The van der Waals surface area contributed by atoms with Gasteiger partial charge in [-0.2, -0.15) is 0 Å². The topological polar surface area (TPSA) is 71.0 Å². The molecular formula is C26H25F4N5O. The molecule has 1 N–H and O–H groups in total. The second-order valence-electron chi connectivity index (χ2n) is 9.43. The van der Waals surface area contributed by atoms with Crippen LogP contribution in [0.2, 0.25) is 0 Å². The highest BCUT2D eigenvalue weighted by molar-refractivity contribution is 6.09. The Kier molecular flexibility index (Phi) is 6.36. The summed E-state index contributed by atoms with van der Waals surface area (Å²) >= 11 is 0. The minimum absolute atomic E-state index is 0.0256. The number of nitrogens with one attached hydrogen (secondary N) is 1. The van der Waals surface area contributed by atoms with E-state index in [0.717, 1.165) is 31.2 Å². The van der Waals surface area contributed by atoms with Crippen molar-refractivity contribution < 1.29 is 22.4 Å². The van der Waals surface area contributed by atoms with Gasteiger partial charge in [0.25, 0.3) is 5.91 Å². The van der Waals surface area contributed by atoms with Gasteiger partial charge in [-0.25, -0.2) is 27.5 Å². The fraction of sp³-hybridized carbons (Fsp3) is 0.385. The van der Waals surface area contributed by atoms with Crippen molar-refractivity contribution in [1.82, 2.24) is 15.0 Å². The standard InChI is InChI=1S/C26H25F4N5O/c1-15-7-11-35(15)25-32-13-18(14-33-25)34-24(36)22-19(20-12-17(27)2-3-21(20)28)6-10-31-23(22)16-4-8-26(29,30)9-5-16/h2-3,6,10,12-16H,4-5,7-9,11H2,1H3,(H,34,36). The number of alkyl halides is 2. The van der Waals surface area contributed by atoms with E-state index >= 15 is 0 Å². The molecule has 5 rings (SSSR count). The fourth-order valence-corrected chi connectivity index (χ4v) is 4.81. The lowest BCUT2D eigenvalue weighted by Crippen LogP contribution is -2.46. The summed E-state index contributed by atoms with van der Waals surface area (Å²) in [7, 11) is 0. The molecule has 6 nitrogen and oxygen atoms in total. The van der Waals surface area contributed by atoms with Crippen LogP contribution in [0, 0.1) is 11.6 Å². The first-order valence-electron chi connectivity index (χ1n) is 11.9. The zero-order valence-corrected chi connectivity index (χ0v) is 19.6. The van der Waals surface area contributed by atoms with Crippen molar-refractivity contribution in [2.75, 3.05) is 16.8 Å². The second kappa shape index (κ2) is 9.48. The van der Waals surface area contributed by atoms with Crippen LogP contribution in [0.15, 0.2) is 42.9 Å². The normalized spacial score (nSPS) is 19.6. The summed E-state index contributed by atoms with van der Waals surface area (Å²) in [5.41, 5.74) is 0.656. The lowest BCUT2D eigenvalue weighted by molar-refractivity contribution is -0.0385. The van der Waals surface area contributed by atoms with E-state index in [4.69, 9.17) is 0 Å². The van der Waals surface area contributed by atoms with Crippen LogP contribution >= 0.6 is 0 Å². The largest absolute Gasteiger partial charge is 0.338 e. The first kappa shape index (κ1) is 24.1. The maximum atomic E-state index is 14.7. The molecule has 188 valence electrons. The molecule has 0 bridgehead atoms. The third-order valence-corrected chi connectivity index (χ3v) is 7.00. The van der Waals surface area contributed by atoms with Gasteiger partial charge in [-0.3, -0.25) is 9.78 Å². The van der Waals surface area contributed by atoms with Crippen LogP contribution in [-0.2, 0) is 0 Å². The highest BCUT2D eigenvalue weighted by atomic mass is 19.3. The zero-order valence-electron chi connectivity index (χ0n) is 19.6. The van der Waals surface area contributed by atoms with E-state index in [0.29, 0.717) is 17.7 Å². The number of nitrogens with zero attached hydrogens (tertiary/aromatic N) is 4. The molecule has 1 unspecified atom stereocenters. The number of anilines is 2. The van der Waals surface area contributed by atoms with Gasteiger partial charge in [-0.15, -0.1) is 0 Å². The smallest absolute Gasteiger partial charge is 0.258 e. The third-order valence-electron chi connectivity index (χ3n) is 7.00. The molecule has 0 spiro atoms. The molecule has 1 aliphatic heterocycles. The minimum atomic E-state index is -2.77. The SMILES string of the molecule is CC1CCN1c1ncc(NC(=O)c2c(-c3cc(F)ccc3F)ccnc2C2CCC(F)(F)CC2)cn1. The Hall–Kier alpha value is -3.56. The number of hydrogen-bond acceptors (Lipinski definition) is 5. The van der Waals surface area contributed by atoms with Crippen LogP contribution in [0.5, 0.6) is 0 Å². The maximum Gasteiger partial charge on any atom is 0.258 e. The van der Waals surface area contributed by atoms with Crippen LogP contribution in [-0.4, -0.2) is 39.4 Å². The van der Waals surface area contributed by atoms with Crippen LogP contribution in [0.3, 0.4) is 0 Å². The molecule has 3 aromatic rings. The van der Waals surface area contributed by atoms with Crippen LogP contribution in [0.4, 0.5) is 29.2 Å². The molecule has 1 aromatic carbocycles. The van der Waals surface area contributed by atoms with Crippen molar-refractivity contribution >= 4 is 17.5 Å². The molecule has 1 saturated heterocycles. The summed E-state index contributed by atoms with van der Waals surface area (Å²) in [4.78, 5) is 28.6. The maximum absolute atomic E-state index is 14.7. The Bertz CT molecular complexity index is 1270. The molecule has 10 heteroatoms. The molecule has 0 radical (unpaired) electrons. The Morgan fingerprint density at radius 1 is 1.03 bits per heavy atom. The number of pyridine rings is 1. The fourth-order valence-electron chi connectivity index (χ4n) is 4.81. The van der Waals surface area contributed by atoms with Gasteiger partial charge in [0.05, 0.1) is 29.3 Å². The summed E-state index contributed by atoms with van der Waals surface area (Å²) in [6, 6.07) is 4.75. The van der Waals surface area contributed by atoms with Gasteiger partial charge in [0, 0.05) is 48.7 Å². The number of halogens is 4. The van der Waals surface area contributed by atoms with E-state index in [1.165, 1.54) is 24.7 Å². The minimum Gasteiger partial charge on any atom is -0.338 e. The average molecular weight is 500 g/mol. The molecular weight excluding hydrogens is 474 g/mol. The van der Waals surface area contributed by atoms with E-state index < -0.39 is 29.4 Å². The number of carbonyl (C=O) groups excluding carboxylic acids is 1. The number of carbonyl (C=O) groups is 1. The highest BCUT2D eigenvalue weighted by Gasteiger charge is 2.37. The number of rotatable bonds is 5. The van der Waals surface area contributed by atoms with Crippen LogP contribution in [0.25, 0.3) is 11.1 Å². The zero-order chi connectivity index (χ0) is 25.4. The predicted octanol–water partition coefficient (Wildman–Crippen LogP) is 5.96. The summed E-state index contributed by atoms with van der Waals surface area (Å²) < 4.78 is 56.4. The Balaban J connectivity index is 1.51. The predicted molar refractivity (Wildman–Crippen MR) is 127 cm³/mol. The van der Waals surface area contributed by atoms with E-state index in [1.54, 1.807) is 0 Å². The van der Waals surface area contributed by atoms with Crippen molar-refractivity contribution in [3.63, 3.8) is 0 Å². The molecule has 36 heavy (non-hydrogen) atoms. The molecule has 1 aliphatic carbocycles. The molecule has 1 atom stereocenters. The van der Waals surface area contributed by atoms with E-state index in [-0.39, 0.29) is 48.1 Å². The van der Waals surface area contributed by atoms with Gasteiger partial charge in [-0.1, -0.05) is 0 Å². The number of aromatic nitrogens is 3. The van der Waals surface area contributed by atoms with Crippen molar-refractivity contribution in [2.24, 2.45) is 0 Å². The van der Waals surface area contributed by atoms with Gasteiger partial charge in [0.1, 0.15) is 11.6 Å². The van der Waals surface area contributed by atoms with Gasteiger partial charge < -0.3 is 10.2 Å². The summed E-state index contributed by atoms with van der Waals surface area (Å²) in [5.74, 6) is -4.64. The second-order valence-corrected chi connectivity index (χ2v) is 9.43. The van der Waals surface area contributed by atoms with Gasteiger partial charge >= 0.3 is 0 Å². The van der Waals surface area contributed by atoms with Crippen molar-refractivity contribution in [3.8, 4) is 11.1 Å². The van der Waals surface area contributed by atoms with E-state index in [9.17, 15) is 22.4 Å². The molecule has 3 heterocycles. The van der Waals surface area contributed by atoms with Crippen molar-refractivity contribution in [1.29, 1.82) is 0 Å². The van der Waals surface area contributed by atoms with Crippen molar-refractivity contribution in [3.05, 3.63) is 65.7 Å². The summed E-state index contributed by atoms with van der Waals surface area (Å²) in [6.07, 6.45) is 4.99. The van der Waals surface area contributed by atoms with Crippen molar-refractivity contribution in [2.45, 2.75) is 56.9 Å². The molecule has 1 saturated carbocycles. The lowest BCUT2D eigenvalue weighted by Gasteiger charge is -2.38. The average Bonchev–Trinajstić information content (AvgIpc) is 2.85.